The Morgan fingerprint density at radius 1 is 1.05 bits per heavy atom. The summed E-state index contributed by atoms with van der Waals surface area (Å²) in [5, 5.41) is 27.3. The minimum Gasteiger partial charge on any atom is -0.497 e. The molecule has 1 amide bonds. The third kappa shape index (κ3) is 10.6. The van der Waals surface area contributed by atoms with E-state index in [1.165, 1.54) is 7.11 Å². The summed E-state index contributed by atoms with van der Waals surface area (Å²) in [4.78, 5) is 28.5. The van der Waals surface area contributed by atoms with Crippen LogP contribution in [-0.2, 0) is 16.0 Å². The first-order chi connectivity index (χ1) is 29.0. The van der Waals surface area contributed by atoms with Crippen molar-refractivity contribution >= 4 is 29.3 Å². The van der Waals surface area contributed by atoms with E-state index in [2.05, 4.69) is 27.9 Å². The van der Waals surface area contributed by atoms with Crippen LogP contribution in [0.5, 0.6) is 23.0 Å². The number of fused-ring (bicyclic) bond motifs is 2. The van der Waals surface area contributed by atoms with Crippen molar-refractivity contribution in [3.63, 3.8) is 0 Å². The molecule has 2 aliphatic carbocycles. The Morgan fingerprint density at radius 3 is 2.53 bits per heavy atom. The molecular formula is C46H60N4O9S. The lowest BCUT2D eigenvalue weighted by molar-refractivity contribution is -0.223. The largest absolute Gasteiger partial charge is 0.497 e. The topological polar surface area (TPSA) is 163 Å². The van der Waals surface area contributed by atoms with Crippen molar-refractivity contribution in [2.24, 2.45) is 22.9 Å². The summed E-state index contributed by atoms with van der Waals surface area (Å²) in [6, 6.07) is 10.6. The minimum absolute atomic E-state index is 0.0825. The fourth-order valence-electron chi connectivity index (χ4n) is 8.64. The quantitative estimate of drug-likeness (QED) is 0.0566. The molecule has 2 aromatic carbocycles. The number of benzene rings is 2. The van der Waals surface area contributed by atoms with Gasteiger partial charge in [0.1, 0.15) is 28.6 Å². The number of thioether (sulfide) groups is 1. The van der Waals surface area contributed by atoms with Crippen LogP contribution in [0.15, 0.2) is 84.4 Å². The van der Waals surface area contributed by atoms with E-state index in [9.17, 15) is 15.0 Å². The molecule has 0 spiro atoms. The minimum atomic E-state index is -1.14. The molecule has 2 heterocycles. The number of methoxy groups -OCH3 is 2. The van der Waals surface area contributed by atoms with Gasteiger partial charge in [0.2, 0.25) is 5.79 Å². The third-order valence-corrected chi connectivity index (χ3v) is 12.5. The van der Waals surface area contributed by atoms with E-state index < -0.39 is 17.5 Å². The molecule has 1 saturated carbocycles. The van der Waals surface area contributed by atoms with Crippen molar-refractivity contribution in [1.82, 2.24) is 9.97 Å². The second kappa shape index (κ2) is 20.8. The number of anilines is 1. The van der Waals surface area contributed by atoms with Crippen molar-refractivity contribution in [3.8, 4) is 23.0 Å². The van der Waals surface area contributed by atoms with Gasteiger partial charge in [0.05, 0.1) is 49.1 Å². The molecule has 6 atom stereocenters. The highest BCUT2D eigenvalue weighted by molar-refractivity contribution is 8.00. The van der Waals surface area contributed by atoms with E-state index >= 15 is 0 Å². The highest BCUT2D eigenvalue weighted by Gasteiger charge is 2.64. The number of aromatic nitrogens is 2. The standard InChI is InChI=1S/C46H60N4O9S/c1-7-23-56-46-41(60-24-18-31-29-47-19-20-48-31)28-38(50-59-45(2,3)4)35-25-30(12-8-10-21-51)34(13-9-11-22-52)42(43(35)46)36-26-33(15-17-39(36)58-46)57-44(53)49-37-16-14-32(54-5)27-40(37)55-6/h7,14-17,19-20,25-27,29-30,34,41-43,51-52H,1,8-13,18,21-24,28H2,2-6H3,(H,49,53)/t30-,34+,41-,42+,43+,46+/m0/s1. The summed E-state index contributed by atoms with van der Waals surface area (Å²) in [6.45, 7) is 10.5. The molecule has 0 saturated heterocycles. The predicted octanol–water partition coefficient (Wildman–Crippen LogP) is 8.51. The van der Waals surface area contributed by atoms with Crippen molar-refractivity contribution in [3.05, 3.63) is 90.6 Å². The molecule has 1 aromatic heterocycles. The van der Waals surface area contributed by atoms with Crippen LogP contribution in [0, 0.1) is 17.8 Å². The van der Waals surface area contributed by atoms with Crippen LogP contribution in [0.3, 0.4) is 0 Å². The molecule has 6 rings (SSSR count). The van der Waals surface area contributed by atoms with Gasteiger partial charge in [0.15, 0.2) is 0 Å². The Hall–Kier alpha value is -4.63. The SMILES string of the molecule is C=CCO[C@@]12Oc3ccc(OC(=O)Nc4ccc(OC)cc4OC)cc3[C@H]3[C@H](CCCCO)[C@@H](CCCCO)C=C(C(=NOC(C)(C)C)C[C@@H]1SCCc1cnccn1)[C@H]32. The maximum atomic E-state index is 13.5. The number of carbonyl (C=O) groups is 1. The highest BCUT2D eigenvalue weighted by atomic mass is 32.2. The second-order valence-electron chi connectivity index (χ2n) is 16.3. The maximum Gasteiger partial charge on any atom is 0.417 e. The first-order valence-corrected chi connectivity index (χ1v) is 21.9. The molecule has 3 N–H and O–H groups in total. The molecule has 13 nitrogen and oxygen atoms in total. The van der Waals surface area contributed by atoms with Crippen LogP contribution in [-0.4, -0.2) is 88.4 Å². The van der Waals surface area contributed by atoms with E-state index in [-0.39, 0.29) is 48.7 Å². The summed E-state index contributed by atoms with van der Waals surface area (Å²) in [7, 11) is 3.08. The fourth-order valence-corrected chi connectivity index (χ4v) is 10.0. The first-order valence-electron chi connectivity index (χ1n) is 20.9. The van der Waals surface area contributed by atoms with E-state index in [0.29, 0.717) is 54.4 Å². The number of unbranched alkanes of at least 4 members (excludes halogenated alkanes) is 2. The van der Waals surface area contributed by atoms with Gasteiger partial charge in [-0.05, 0) is 99.9 Å². The zero-order chi connectivity index (χ0) is 42.7. The molecule has 324 valence electrons. The molecule has 3 aromatic rings. The van der Waals surface area contributed by atoms with Crippen molar-refractivity contribution in [1.29, 1.82) is 0 Å². The number of amides is 1. The maximum absolute atomic E-state index is 13.5. The molecule has 0 unspecified atom stereocenters. The summed E-state index contributed by atoms with van der Waals surface area (Å²) < 4.78 is 31.1. The van der Waals surface area contributed by atoms with Gasteiger partial charge in [0, 0.05) is 62.2 Å². The number of aliphatic hydroxyl groups is 2. The van der Waals surface area contributed by atoms with Gasteiger partial charge in [-0.25, -0.2) is 4.79 Å². The predicted molar refractivity (Wildman–Crippen MR) is 233 cm³/mol. The summed E-state index contributed by atoms with van der Waals surface area (Å²) in [6.07, 6.45) is 14.5. The number of rotatable bonds is 20. The van der Waals surface area contributed by atoms with E-state index in [4.69, 9.17) is 33.7 Å². The van der Waals surface area contributed by atoms with E-state index in [0.717, 1.165) is 54.0 Å². The normalized spacial score (nSPS) is 23.7. The summed E-state index contributed by atoms with van der Waals surface area (Å²) in [5.41, 5.74) is 3.57. The lowest BCUT2D eigenvalue weighted by Gasteiger charge is -2.58. The highest BCUT2D eigenvalue weighted by Crippen LogP contribution is 2.62. The number of carbonyl (C=O) groups excluding carboxylic acids is 1. The van der Waals surface area contributed by atoms with Crippen LogP contribution in [0.4, 0.5) is 10.5 Å². The van der Waals surface area contributed by atoms with Crippen LogP contribution >= 0.6 is 11.8 Å². The second-order valence-corrected chi connectivity index (χ2v) is 17.7. The molecule has 0 bridgehead atoms. The number of oxime groups is 1. The van der Waals surface area contributed by atoms with Crippen LogP contribution in [0.1, 0.15) is 82.9 Å². The Kier molecular flexibility index (Phi) is 15.5. The lowest BCUT2D eigenvalue weighted by atomic mass is 9.56. The number of hydrogen-bond donors (Lipinski definition) is 3. The molecule has 0 radical (unpaired) electrons. The van der Waals surface area contributed by atoms with Gasteiger partial charge >= 0.3 is 6.09 Å². The Balaban J connectivity index is 1.47. The first kappa shape index (κ1) is 44.9. The number of hydrogen-bond acceptors (Lipinski definition) is 13. The van der Waals surface area contributed by atoms with E-state index in [1.807, 2.05) is 32.9 Å². The number of ether oxygens (including phenoxy) is 5. The van der Waals surface area contributed by atoms with Gasteiger partial charge < -0.3 is 38.7 Å². The number of allylic oxidation sites excluding steroid dienone is 1. The Labute approximate surface area is 357 Å². The average Bonchev–Trinajstić information content (AvgIpc) is 3.24. The molecule has 1 aliphatic heterocycles. The van der Waals surface area contributed by atoms with Gasteiger partial charge in [-0.15, -0.1) is 6.58 Å². The molecule has 1 fully saturated rings. The lowest BCUT2D eigenvalue weighted by Crippen LogP contribution is -2.64. The van der Waals surface area contributed by atoms with Crippen molar-refractivity contribution in [2.45, 2.75) is 94.7 Å². The Bertz CT molecular complexity index is 1970. The number of aryl methyl sites for hydroxylation is 1. The van der Waals surface area contributed by atoms with Gasteiger partial charge in [0.25, 0.3) is 0 Å². The number of nitrogens with one attached hydrogen (secondary N) is 1. The van der Waals surface area contributed by atoms with Crippen molar-refractivity contribution in [2.75, 3.05) is 45.1 Å². The zero-order valence-electron chi connectivity index (χ0n) is 35.4. The summed E-state index contributed by atoms with van der Waals surface area (Å²) >= 11 is 1.76. The monoisotopic (exact) mass is 844 g/mol. The molecule has 60 heavy (non-hydrogen) atoms. The molecule has 3 aliphatic rings. The van der Waals surface area contributed by atoms with Crippen LogP contribution in [0.25, 0.3) is 0 Å². The molecular weight excluding hydrogens is 785 g/mol. The van der Waals surface area contributed by atoms with Crippen molar-refractivity contribution < 1.29 is 43.5 Å². The van der Waals surface area contributed by atoms with Crippen LogP contribution < -0.4 is 24.3 Å². The third-order valence-electron chi connectivity index (χ3n) is 11.2. The van der Waals surface area contributed by atoms with Crippen LogP contribution in [0.2, 0.25) is 0 Å². The average molecular weight is 845 g/mol. The van der Waals surface area contributed by atoms with Gasteiger partial charge in [-0.3, -0.25) is 15.3 Å². The number of nitrogens with zero attached hydrogens (tertiary/aromatic N) is 3. The number of aliphatic hydroxyl groups excluding tert-OH is 2. The van der Waals surface area contributed by atoms with Gasteiger partial charge in [-0.2, -0.15) is 11.8 Å². The Morgan fingerprint density at radius 2 is 1.83 bits per heavy atom. The zero-order valence-corrected chi connectivity index (χ0v) is 36.2. The van der Waals surface area contributed by atoms with E-state index in [1.54, 1.807) is 67.8 Å². The van der Waals surface area contributed by atoms with Gasteiger partial charge in [-0.1, -0.05) is 30.1 Å². The fraction of sp³-hybridized carbons (Fsp3) is 0.522. The summed E-state index contributed by atoms with van der Waals surface area (Å²) in [5.74, 6) is 1.28. The smallest absolute Gasteiger partial charge is 0.417 e. The molecule has 14 heteroatoms.